The Bertz CT molecular complexity index is 1020. The zero-order valence-electron chi connectivity index (χ0n) is 16.7. The number of para-hydroxylation sites is 1. The molecule has 0 aliphatic rings. The molecule has 3 aromatic carbocycles. The molecule has 0 heterocycles. The molecule has 0 unspecified atom stereocenters. The normalized spacial score (nSPS) is 10.8. The number of hydrogen-bond acceptors (Lipinski definition) is 6. The van der Waals surface area contributed by atoms with E-state index in [-0.39, 0.29) is 18.8 Å². The predicted octanol–water partition coefficient (Wildman–Crippen LogP) is 3.97. The quantitative estimate of drug-likeness (QED) is 0.482. The van der Waals surface area contributed by atoms with Crippen molar-refractivity contribution >= 4 is 0 Å². The van der Waals surface area contributed by atoms with Crippen LogP contribution >= 0.6 is 0 Å². The molecule has 7 N–H and O–H groups in total. The Balaban J connectivity index is 2.06. The summed E-state index contributed by atoms with van der Waals surface area (Å²) < 4.78 is 12.4. The third-order valence-corrected chi connectivity index (χ3v) is 4.78. The number of phenolic OH excluding ortho intramolecular Hbond substituents is 1. The van der Waals surface area contributed by atoms with Gasteiger partial charge in [-0.05, 0) is 49.2 Å². The summed E-state index contributed by atoms with van der Waals surface area (Å²) in [5.74, 6) is 2.48. The zero-order chi connectivity index (χ0) is 21.0. The summed E-state index contributed by atoms with van der Waals surface area (Å²) in [7, 11) is 0. The Labute approximate surface area is 170 Å². The van der Waals surface area contributed by atoms with E-state index in [9.17, 15) is 5.11 Å². The lowest BCUT2D eigenvalue weighted by molar-refractivity contribution is 0.430. The molecular formula is C23H27N3O3. The summed E-state index contributed by atoms with van der Waals surface area (Å²) in [4.78, 5) is 0. The molecule has 29 heavy (non-hydrogen) atoms. The van der Waals surface area contributed by atoms with Crippen LogP contribution in [0.2, 0.25) is 0 Å². The van der Waals surface area contributed by atoms with Crippen molar-refractivity contribution in [2.24, 2.45) is 17.2 Å². The van der Waals surface area contributed by atoms with Gasteiger partial charge >= 0.3 is 0 Å². The Morgan fingerprint density at radius 1 is 0.759 bits per heavy atom. The van der Waals surface area contributed by atoms with Gasteiger partial charge in [-0.3, -0.25) is 0 Å². The number of benzene rings is 3. The molecule has 3 aromatic rings. The number of phenols is 1. The van der Waals surface area contributed by atoms with E-state index < -0.39 is 0 Å². The van der Waals surface area contributed by atoms with Gasteiger partial charge in [-0.1, -0.05) is 24.3 Å². The SMILES string of the molecule is Cc1cc(O)c(CN)c(Oc2c(C)ccc(Oc3ccccc3CN)c2CN)c1. The van der Waals surface area contributed by atoms with E-state index >= 15 is 0 Å². The van der Waals surface area contributed by atoms with Crippen molar-refractivity contribution < 1.29 is 14.6 Å². The minimum absolute atomic E-state index is 0.110. The molecule has 0 fully saturated rings. The van der Waals surface area contributed by atoms with Crippen LogP contribution in [-0.4, -0.2) is 5.11 Å². The number of ether oxygens (including phenoxy) is 2. The molecule has 152 valence electrons. The number of nitrogens with two attached hydrogens (primary N) is 3. The van der Waals surface area contributed by atoms with Crippen molar-refractivity contribution in [1.82, 2.24) is 0 Å². The van der Waals surface area contributed by atoms with Gasteiger partial charge in [0, 0.05) is 25.2 Å². The van der Waals surface area contributed by atoms with Crippen molar-refractivity contribution in [3.05, 3.63) is 76.3 Å². The topological polar surface area (TPSA) is 117 Å². The fourth-order valence-electron chi connectivity index (χ4n) is 3.22. The second kappa shape index (κ2) is 8.96. The van der Waals surface area contributed by atoms with Crippen molar-refractivity contribution in [1.29, 1.82) is 0 Å². The van der Waals surface area contributed by atoms with E-state index in [0.717, 1.165) is 22.3 Å². The van der Waals surface area contributed by atoms with E-state index in [2.05, 4.69) is 0 Å². The first-order chi connectivity index (χ1) is 14.0. The maximum atomic E-state index is 10.2. The van der Waals surface area contributed by atoms with E-state index in [1.54, 1.807) is 6.07 Å². The highest BCUT2D eigenvalue weighted by molar-refractivity contribution is 5.55. The number of hydrogen-bond donors (Lipinski definition) is 4. The summed E-state index contributed by atoms with van der Waals surface area (Å²) in [5.41, 5.74) is 21.6. The maximum Gasteiger partial charge on any atom is 0.138 e. The Hall–Kier alpha value is -3.06. The first kappa shape index (κ1) is 20.7. The van der Waals surface area contributed by atoms with Gasteiger partial charge in [-0.15, -0.1) is 0 Å². The summed E-state index contributed by atoms with van der Waals surface area (Å²) in [6.07, 6.45) is 0. The van der Waals surface area contributed by atoms with E-state index in [4.69, 9.17) is 26.7 Å². The average Bonchev–Trinajstić information content (AvgIpc) is 2.70. The van der Waals surface area contributed by atoms with E-state index in [1.807, 2.05) is 56.3 Å². The van der Waals surface area contributed by atoms with Crippen molar-refractivity contribution in [2.45, 2.75) is 33.5 Å². The Morgan fingerprint density at radius 2 is 1.48 bits per heavy atom. The summed E-state index contributed by atoms with van der Waals surface area (Å²) in [6.45, 7) is 4.55. The van der Waals surface area contributed by atoms with Gasteiger partial charge in [-0.2, -0.15) is 0 Å². The molecule has 0 saturated heterocycles. The minimum Gasteiger partial charge on any atom is -0.507 e. The molecule has 0 aliphatic heterocycles. The Kier molecular flexibility index (Phi) is 6.39. The van der Waals surface area contributed by atoms with Crippen molar-refractivity contribution in [2.75, 3.05) is 0 Å². The second-order valence-corrected chi connectivity index (χ2v) is 6.87. The molecule has 0 bridgehead atoms. The minimum atomic E-state index is 0.110. The summed E-state index contributed by atoms with van der Waals surface area (Å²) >= 11 is 0. The number of rotatable bonds is 7. The molecule has 6 heteroatoms. The largest absolute Gasteiger partial charge is 0.507 e. The third-order valence-electron chi connectivity index (χ3n) is 4.78. The molecule has 0 radical (unpaired) electrons. The highest BCUT2D eigenvalue weighted by Crippen LogP contribution is 2.40. The fourth-order valence-corrected chi connectivity index (χ4v) is 3.22. The van der Waals surface area contributed by atoms with Crippen LogP contribution in [-0.2, 0) is 19.6 Å². The highest BCUT2D eigenvalue weighted by Gasteiger charge is 2.18. The number of aromatic hydroxyl groups is 1. The van der Waals surface area contributed by atoms with Crippen LogP contribution in [0.4, 0.5) is 0 Å². The van der Waals surface area contributed by atoms with Gasteiger partial charge in [0.1, 0.15) is 28.7 Å². The summed E-state index contributed by atoms with van der Waals surface area (Å²) in [6, 6.07) is 14.9. The van der Waals surface area contributed by atoms with Crippen LogP contribution in [0, 0.1) is 13.8 Å². The smallest absolute Gasteiger partial charge is 0.138 e. The first-order valence-corrected chi connectivity index (χ1v) is 9.47. The molecule has 0 atom stereocenters. The average molecular weight is 393 g/mol. The number of aryl methyl sites for hydroxylation is 2. The van der Waals surface area contributed by atoms with Gasteiger partial charge in [-0.25, -0.2) is 0 Å². The lowest BCUT2D eigenvalue weighted by Gasteiger charge is -2.20. The predicted molar refractivity (Wildman–Crippen MR) is 114 cm³/mol. The lowest BCUT2D eigenvalue weighted by Crippen LogP contribution is -2.07. The molecule has 0 aliphatic carbocycles. The van der Waals surface area contributed by atoms with Crippen LogP contribution in [0.25, 0.3) is 0 Å². The van der Waals surface area contributed by atoms with Crippen LogP contribution in [0.15, 0.2) is 48.5 Å². The Morgan fingerprint density at radius 3 is 2.17 bits per heavy atom. The van der Waals surface area contributed by atoms with Crippen LogP contribution in [0.5, 0.6) is 28.7 Å². The standard InChI is InChI=1S/C23H27N3O3/c1-14-9-19(27)17(12-25)22(10-14)29-23-15(2)7-8-21(18(23)13-26)28-20-6-4-3-5-16(20)11-24/h3-10,27H,11-13,24-26H2,1-2H3. The van der Waals surface area contributed by atoms with E-state index in [1.165, 1.54) is 0 Å². The van der Waals surface area contributed by atoms with Gasteiger partial charge in [0.2, 0.25) is 0 Å². The molecule has 0 aromatic heterocycles. The van der Waals surface area contributed by atoms with E-state index in [0.29, 0.717) is 35.1 Å². The second-order valence-electron chi connectivity index (χ2n) is 6.87. The first-order valence-electron chi connectivity index (χ1n) is 9.47. The summed E-state index contributed by atoms with van der Waals surface area (Å²) in [5, 5.41) is 10.2. The van der Waals surface area contributed by atoms with Gasteiger partial charge in [0.05, 0.1) is 11.1 Å². The van der Waals surface area contributed by atoms with Gasteiger partial charge in [0.15, 0.2) is 0 Å². The molecule has 0 amide bonds. The van der Waals surface area contributed by atoms with Crippen molar-refractivity contribution in [3.63, 3.8) is 0 Å². The third kappa shape index (κ3) is 4.35. The van der Waals surface area contributed by atoms with Crippen LogP contribution in [0.1, 0.15) is 27.8 Å². The zero-order valence-corrected chi connectivity index (χ0v) is 16.7. The van der Waals surface area contributed by atoms with Gasteiger partial charge < -0.3 is 31.8 Å². The monoisotopic (exact) mass is 393 g/mol. The van der Waals surface area contributed by atoms with Crippen LogP contribution in [0.3, 0.4) is 0 Å². The van der Waals surface area contributed by atoms with Crippen LogP contribution < -0.4 is 26.7 Å². The lowest BCUT2D eigenvalue weighted by atomic mass is 10.1. The highest BCUT2D eigenvalue weighted by atomic mass is 16.5. The van der Waals surface area contributed by atoms with Gasteiger partial charge in [0.25, 0.3) is 0 Å². The maximum absolute atomic E-state index is 10.2. The molecular weight excluding hydrogens is 366 g/mol. The molecule has 0 spiro atoms. The molecule has 6 nitrogen and oxygen atoms in total. The molecule has 0 saturated carbocycles. The fraction of sp³-hybridized carbons (Fsp3) is 0.217. The molecule has 3 rings (SSSR count). The van der Waals surface area contributed by atoms with Crippen molar-refractivity contribution in [3.8, 4) is 28.7 Å².